The van der Waals surface area contributed by atoms with Crippen LogP contribution in [0.3, 0.4) is 0 Å². The maximum atomic E-state index is 5.85. The van der Waals surface area contributed by atoms with Gasteiger partial charge >= 0.3 is 0 Å². The predicted molar refractivity (Wildman–Crippen MR) is 71.2 cm³/mol. The van der Waals surface area contributed by atoms with E-state index in [1.54, 1.807) is 0 Å². The second-order valence-electron chi connectivity index (χ2n) is 7.09. The molecule has 2 aliphatic heterocycles. The summed E-state index contributed by atoms with van der Waals surface area (Å²) < 4.78 is 5.85. The molecule has 2 aliphatic rings. The molecule has 0 aromatic heterocycles. The highest BCUT2D eigenvalue weighted by Crippen LogP contribution is 2.40. The van der Waals surface area contributed by atoms with E-state index in [0.717, 1.165) is 25.0 Å². The topological polar surface area (TPSA) is 24.5 Å². The van der Waals surface area contributed by atoms with Crippen molar-refractivity contribution in [2.45, 2.75) is 45.8 Å². The summed E-state index contributed by atoms with van der Waals surface area (Å²) in [4.78, 5) is 2.62. The molecule has 0 radical (unpaired) electrons. The zero-order valence-electron chi connectivity index (χ0n) is 12.0. The minimum atomic E-state index is -0.0126. The second-order valence-corrected chi connectivity index (χ2v) is 7.09. The monoisotopic (exact) mass is 240 g/mol. The minimum absolute atomic E-state index is 0.0126. The Bertz CT molecular complexity index is 270. The van der Waals surface area contributed by atoms with Crippen LogP contribution in [-0.4, -0.2) is 48.8 Å². The average Bonchev–Trinajstić information content (AvgIpc) is 2.69. The van der Waals surface area contributed by atoms with Gasteiger partial charge in [0.25, 0.3) is 0 Å². The summed E-state index contributed by atoms with van der Waals surface area (Å²) in [5.41, 5.74) is 0.316. The molecule has 0 aromatic carbocycles. The van der Waals surface area contributed by atoms with Crippen LogP contribution in [-0.2, 0) is 4.74 Å². The summed E-state index contributed by atoms with van der Waals surface area (Å²) in [6.45, 7) is 16.7. The molecule has 3 heteroatoms. The highest BCUT2D eigenvalue weighted by Gasteiger charge is 2.49. The van der Waals surface area contributed by atoms with E-state index < -0.39 is 0 Å². The van der Waals surface area contributed by atoms with Crippen LogP contribution in [0.15, 0.2) is 0 Å². The first kappa shape index (κ1) is 13.3. The van der Waals surface area contributed by atoms with Gasteiger partial charge in [0.15, 0.2) is 0 Å². The van der Waals surface area contributed by atoms with Crippen LogP contribution in [0.5, 0.6) is 0 Å². The summed E-state index contributed by atoms with van der Waals surface area (Å²) in [5.74, 6) is 1.66. The van der Waals surface area contributed by atoms with E-state index in [1.165, 1.54) is 19.6 Å². The Balaban J connectivity index is 1.86. The average molecular weight is 240 g/mol. The number of nitrogens with one attached hydrogen (secondary N) is 1. The van der Waals surface area contributed by atoms with Crippen LogP contribution >= 0.6 is 0 Å². The lowest BCUT2D eigenvalue weighted by atomic mass is 9.85. The third-order valence-corrected chi connectivity index (χ3v) is 4.41. The van der Waals surface area contributed by atoms with Crippen LogP contribution in [0.25, 0.3) is 0 Å². The number of hydrogen-bond acceptors (Lipinski definition) is 3. The van der Waals surface area contributed by atoms with E-state index in [0.29, 0.717) is 5.54 Å². The largest absolute Gasteiger partial charge is 0.375 e. The molecule has 100 valence electrons. The molecule has 0 aliphatic carbocycles. The van der Waals surface area contributed by atoms with Crippen molar-refractivity contribution in [1.29, 1.82) is 0 Å². The number of hydrogen-bond donors (Lipinski definition) is 1. The molecule has 0 spiro atoms. The normalized spacial score (nSPS) is 33.0. The molecule has 0 bridgehead atoms. The molecule has 2 atom stereocenters. The molecular weight excluding hydrogens is 212 g/mol. The zero-order chi connectivity index (χ0) is 12.7. The molecule has 0 aromatic rings. The molecule has 2 saturated heterocycles. The zero-order valence-corrected chi connectivity index (χ0v) is 12.0. The van der Waals surface area contributed by atoms with Gasteiger partial charge in [0.2, 0.25) is 0 Å². The van der Waals surface area contributed by atoms with Crippen LogP contribution < -0.4 is 5.32 Å². The highest BCUT2D eigenvalue weighted by molar-refractivity contribution is 5.04. The number of nitrogens with zero attached hydrogens (tertiary/aromatic N) is 1. The van der Waals surface area contributed by atoms with Crippen LogP contribution in [0.1, 0.15) is 34.6 Å². The number of rotatable bonds is 3. The Morgan fingerprint density at radius 1 is 1.29 bits per heavy atom. The van der Waals surface area contributed by atoms with E-state index in [9.17, 15) is 0 Å². The van der Waals surface area contributed by atoms with Crippen molar-refractivity contribution in [3.63, 3.8) is 0 Å². The molecule has 2 unspecified atom stereocenters. The number of ether oxygens (including phenoxy) is 1. The van der Waals surface area contributed by atoms with Gasteiger partial charge in [-0.3, -0.25) is 4.90 Å². The van der Waals surface area contributed by atoms with Gasteiger partial charge in [-0.1, -0.05) is 0 Å². The second kappa shape index (κ2) is 4.52. The molecular formula is C14H28N2O. The predicted octanol–water partition coefficient (Wildman–Crippen LogP) is 1.73. The van der Waals surface area contributed by atoms with Gasteiger partial charge in [-0.25, -0.2) is 0 Å². The number of likely N-dealkylation sites (tertiary alicyclic amines) is 1. The molecule has 17 heavy (non-hydrogen) atoms. The highest BCUT2D eigenvalue weighted by atomic mass is 16.5. The first-order valence-corrected chi connectivity index (χ1v) is 6.90. The van der Waals surface area contributed by atoms with Crippen molar-refractivity contribution < 1.29 is 4.74 Å². The van der Waals surface area contributed by atoms with E-state index in [2.05, 4.69) is 44.8 Å². The van der Waals surface area contributed by atoms with Gasteiger partial charge in [-0.2, -0.15) is 0 Å². The Kier molecular flexibility index (Phi) is 3.54. The first-order valence-electron chi connectivity index (χ1n) is 6.90. The fraction of sp³-hybridized carbons (Fsp3) is 1.00. The SMILES string of the molecule is CC(C)(C)OCCN1CC2CNCC2C1(C)C. The van der Waals surface area contributed by atoms with E-state index in [4.69, 9.17) is 4.74 Å². The van der Waals surface area contributed by atoms with Crippen molar-refractivity contribution in [2.24, 2.45) is 11.8 Å². The van der Waals surface area contributed by atoms with Crippen LogP contribution in [0.2, 0.25) is 0 Å². The van der Waals surface area contributed by atoms with Crippen LogP contribution in [0, 0.1) is 11.8 Å². The minimum Gasteiger partial charge on any atom is -0.375 e. The molecule has 2 heterocycles. The van der Waals surface area contributed by atoms with Gasteiger partial charge in [0.05, 0.1) is 12.2 Å². The Morgan fingerprint density at radius 3 is 2.59 bits per heavy atom. The van der Waals surface area contributed by atoms with Gasteiger partial charge < -0.3 is 10.1 Å². The van der Waals surface area contributed by atoms with E-state index >= 15 is 0 Å². The smallest absolute Gasteiger partial charge is 0.0600 e. The van der Waals surface area contributed by atoms with Gasteiger partial charge in [0.1, 0.15) is 0 Å². The summed E-state index contributed by atoms with van der Waals surface area (Å²) in [6, 6.07) is 0. The van der Waals surface area contributed by atoms with Crippen molar-refractivity contribution >= 4 is 0 Å². The Morgan fingerprint density at radius 2 is 2.00 bits per heavy atom. The van der Waals surface area contributed by atoms with Crippen molar-refractivity contribution in [3.8, 4) is 0 Å². The maximum Gasteiger partial charge on any atom is 0.0600 e. The third kappa shape index (κ3) is 2.83. The van der Waals surface area contributed by atoms with Crippen LogP contribution in [0.4, 0.5) is 0 Å². The van der Waals surface area contributed by atoms with E-state index in [-0.39, 0.29) is 5.60 Å². The fourth-order valence-corrected chi connectivity index (χ4v) is 3.35. The van der Waals surface area contributed by atoms with Gasteiger partial charge in [-0.15, -0.1) is 0 Å². The summed E-state index contributed by atoms with van der Waals surface area (Å²) in [6.07, 6.45) is 0. The lowest BCUT2D eigenvalue weighted by Crippen LogP contribution is -2.46. The first-order chi connectivity index (χ1) is 7.81. The van der Waals surface area contributed by atoms with Crippen molar-refractivity contribution in [2.75, 3.05) is 32.8 Å². The molecule has 2 fully saturated rings. The lowest BCUT2D eigenvalue weighted by molar-refractivity contribution is -0.0217. The molecule has 0 amide bonds. The molecule has 1 N–H and O–H groups in total. The molecule has 2 rings (SSSR count). The van der Waals surface area contributed by atoms with Gasteiger partial charge in [0, 0.05) is 25.2 Å². The third-order valence-electron chi connectivity index (χ3n) is 4.41. The standard InChI is InChI=1S/C14H28N2O/c1-13(2,3)17-7-6-16-10-11-8-15-9-12(11)14(16,4)5/h11-12,15H,6-10H2,1-5H3. The summed E-state index contributed by atoms with van der Waals surface area (Å²) >= 11 is 0. The fourth-order valence-electron chi connectivity index (χ4n) is 3.35. The quantitative estimate of drug-likeness (QED) is 0.813. The summed E-state index contributed by atoms with van der Waals surface area (Å²) in [5, 5.41) is 3.52. The molecule has 3 nitrogen and oxygen atoms in total. The Labute approximate surface area is 106 Å². The summed E-state index contributed by atoms with van der Waals surface area (Å²) in [7, 11) is 0. The van der Waals surface area contributed by atoms with Crippen molar-refractivity contribution in [3.05, 3.63) is 0 Å². The Hall–Kier alpha value is -0.120. The van der Waals surface area contributed by atoms with E-state index in [1.807, 2.05) is 0 Å². The van der Waals surface area contributed by atoms with Gasteiger partial charge in [-0.05, 0) is 53.0 Å². The molecule has 0 saturated carbocycles. The lowest BCUT2D eigenvalue weighted by Gasteiger charge is -2.36. The maximum absolute atomic E-state index is 5.85. The van der Waals surface area contributed by atoms with Crippen molar-refractivity contribution in [1.82, 2.24) is 10.2 Å². The number of fused-ring (bicyclic) bond motifs is 1.